The molecule has 1 aliphatic rings. The van der Waals surface area contributed by atoms with Crippen molar-refractivity contribution in [1.82, 2.24) is 0 Å². The Bertz CT molecular complexity index is 1410. The van der Waals surface area contributed by atoms with Crippen LogP contribution in [0.3, 0.4) is 0 Å². The van der Waals surface area contributed by atoms with Crippen LogP contribution in [0.4, 0.5) is 5.69 Å². The Morgan fingerprint density at radius 1 is 0.974 bits per heavy atom. The number of Topliss-reactive ketones (excluding diaryl/α,β-unsaturated/α-hetero) is 1. The molecule has 1 unspecified atom stereocenters. The molecule has 7 heteroatoms. The monoisotopic (exact) mass is 515 g/mol. The normalized spacial score (nSPS) is 16.7. The van der Waals surface area contributed by atoms with Crippen molar-refractivity contribution in [2.75, 3.05) is 18.6 Å². The van der Waals surface area contributed by atoms with Crippen LogP contribution >= 0.6 is 0 Å². The number of carbonyl (C=O) groups excluding carboxylic acids is 2. The van der Waals surface area contributed by atoms with E-state index in [1.807, 2.05) is 52.8 Å². The van der Waals surface area contributed by atoms with Gasteiger partial charge in [0.05, 0.1) is 31.4 Å². The van der Waals surface area contributed by atoms with Crippen LogP contribution in [0.25, 0.3) is 5.76 Å². The average Bonchev–Trinajstić information content (AvgIpc) is 3.15. The minimum atomic E-state index is -0.892. The van der Waals surface area contributed by atoms with Gasteiger partial charge in [0.1, 0.15) is 11.5 Å². The Balaban J connectivity index is 1.95. The summed E-state index contributed by atoms with van der Waals surface area (Å²) in [6.45, 7) is 10.0. The van der Waals surface area contributed by atoms with Crippen molar-refractivity contribution in [3.05, 3.63) is 88.5 Å². The predicted octanol–water partition coefficient (Wildman–Crippen LogP) is 6.12. The largest absolute Gasteiger partial charge is 0.507 e. The van der Waals surface area contributed by atoms with E-state index in [4.69, 9.17) is 14.2 Å². The second-order valence-corrected chi connectivity index (χ2v) is 9.48. The number of benzene rings is 3. The molecule has 0 spiro atoms. The van der Waals surface area contributed by atoms with Crippen LogP contribution in [0, 0.1) is 13.8 Å². The molecule has 1 aliphatic heterocycles. The predicted molar refractivity (Wildman–Crippen MR) is 147 cm³/mol. The lowest BCUT2D eigenvalue weighted by atomic mass is 9.94. The molecule has 1 saturated heterocycles. The minimum Gasteiger partial charge on any atom is -0.507 e. The molecule has 3 aromatic carbocycles. The Hall–Kier alpha value is -4.26. The van der Waals surface area contributed by atoms with Gasteiger partial charge < -0.3 is 19.3 Å². The van der Waals surface area contributed by atoms with Gasteiger partial charge in [0.15, 0.2) is 11.5 Å². The number of ketones is 1. The summed E-state index contributed by atoms with van der Waals surface area (Å²) in [5, 5.41) is 11.5. The van der Waals surface area contributed by atoms with Crippen LogP contribution in [0.2, 0.25) is 0 Å². The second-order valence-electron chi connectivity index (χ2n) is 9.48. The zero-order valence-electron chi connectivity index (χ0n) is 22.6. The molecule has 4 rings (SSSR count). The van der Waals surface area contributed by atoms with Gasteiger partial charge in [0.2, 0.25) is 0 Å². The van der Waals surface area contributed by atoms with Crippen LogP contribution in [0.5, 0.6) is 17.2 Å². The number of ether oxygens (including phenoxy) is 3. The van der Waals surface area contributed by atoms with Gasteiger partial charge in [-0.3, -0.25) is 14.5 Å². The minimum absolute atomic E-state index is 0.0115. The van der Waals surface area contributed by atoms with Crippen molar-refractivity contribution in [2.24, 2.45) is 0 Å². The molecule has 38 heavy (non-hydrogen) atoms. The lowest BCUT2D eigenvalue weighted by molar-refractivity contribution is -0.132. The van der Waals surface area contributed by atoms with Crippen LogP contribution in [-0.2, 0) is 9.59 Å². The number of aliphatic hydroxyl groups excluding tert-OH is 1. The molecule has 7 nitrogen and oxygen atoms in total. The van der Waals surface area contributed by atoms with Gasteiger partial charge in [-0.2, -0.15) is 0 Å². The van der Waals surface area contributed by atoms with Crippen LogP contribution in [-0.4, -0.2) is 36.6 Å². The van der Waals surface area contributed by atoms with E-state index < -0.39 is 17.7 Å². The fraction of sp³-hybridized carbons (Fsp3) is 0.290. The van der Waals surface area contributed by atoms with Gasteiger partial charge >= 0.3 is 0 Å². The maximum atomic E-state index is 13.5. The molecule has 1 heterocycles. The maximum Gasteiger partial charge on any atom is 0.300 e. The quantitative estimate of drug-likeness (QED) is 0.221. The van der Waals surface area contributed by atoms with Crippen molar-refractivity contribution in [3.63, 3.8) is 0 Å². The summed E-state index contributed by atoms with van der Waals surface area (Å²) in [6.07, 6.45) is -0.0703. The molecule has 0 radical (unpaired) electrons. The third-order valence-corrected chi connectivity index (χ3v) is 6.50. The van der Waals surface area contributed by atoms with Crippen LogP contribution in [0.1, 0.15) is 49.1 Å². The summed E-state index contributed by atoms with van der Waals surface area (Å²) in [4.78, 5) is 28.5. The van der Waals surface area contributed by atoms with Crippen LogP contribution < -0.4 is 19.1 Å². The molecule has 1 atom stereocenters. The molecule has 3 aromatic rings. The standard InChI is InChI=1S/C31H33NO6/c1-7-37-26-17-21(12-14-25(26)36-6)28-27(29(33)22-9-8-10-24(16-22)38-18(2)3)30(34)31(35)32(28)23-13-11-19(4)20(5)15-23/h8-18,28,33H,7H2,1-6H3/b29-27+. The second kappa shape index (κ2) is 11.0. The van der Waals surface area contributed by atoms with E-state index in [0.717, 1.165) is 11.1 Å². The summed E-state index contributed by atoms with van der Waals surface area (Å²) in [5.74, 6) is -0.213. The highest BCUT2D eigenvalue weighted by Gasteiger charge is 2.47. The number of rotatable bonds is 8. The van der Waals surface area contributed by atoms with Crippen LogP contribution in [0.15, 0.2) is 66.2 Å². The van der Waals surface area contributed by atoms with Gasteiger partial charge in [0, 0.05) is 11.3 Å². The summed E-state index contributed by atoms with van der Waals surface area (Å²) in [6, 6.07) is 16.8. The van der Waals surface area contributed by atoms with Crippen molar-refractivity contribution in [3.8, 4) is 17.2 Å². The smallest absolute Gasteiger partial charge is 0.300 e. The van der Waals surface area contributed by atoms with Crippen molar-refractivity contribution < 1.29 is 28.9 Å². The molecule has 1 amide bonds. The molecule has 198 valence electrons. The molecule has 1 fully saturated rings. The highest BCUT2D eigenvalue weighted by molar-refractivity contribution is 6.51. The third kappa shape index (κ3) is 5.09. The SMILES string of the molecule is CCOc1cc(C2/C(=C(\O)c3cccc(OC(C)C)c3)C(=O)C(=O)N2c2ccc(C)c(C)c2)ccc1OC. The number of carbonyl (C=O) groups is 2. The summed E-state index contributed by atoms with van der Waals surface area (Å²) >= 11 is 0. The molecule has 0 aliphatic carbocycles. The van der Waals surface area contributed by atoms with Gasteiger partial charge in [-0.15, -0.1) is 0 Å². The number of amides is 1. The van der Waals surface area contributed by atoms with E-state index >= 15 is 0 Å². The molecule has 0 aromatic heterocycles. The zero-order chi connectivity index (χ0) is 27.6. The van der Waals surface area contributed by atoms with Crippen molar-refractivity contribution >= 4 is 23.1 Å². The number of aryl methyl sites for hydroxylation is 2. The fourth-order valence-corrected chi connectivity index (χ4v) is 4.57. The molecule has 0 saturated carbocycles. The summed E-state index contributed by atoms with van der Waals surface area (Å²) in [7, 11) is 1.55. The van der Waals surface area contributed by atoms with E-state index in [1.54, 1.807) is 49.6 Å². The van der Waals surface area contributed by atoms with E-state index in [0.29, 0.717) is 40.7 Å². The zero-order valence-corrected chi connectivity index (χ0v) is 22.6. The number of hydrogen-bond acceptors (Lipinski definition) is 6. The topological polar surface area (TPSA) is 85.3 Å². The summed E-state index contributed by atoms with van der Waals surface area (Å²) < 4.78 is 17.0. The maximum absolute atomic E-state index is 13.5. The number of methoxy groups -OCH3 is 1. The Kier molecular flexibility index (Phi) is 7.76. The Morgan fingerprint density at radius 3 is 2.39 bits per heavy atom. The molecule has 0 bridgehead atoms. The Morgan fingerprint density at radius 2 is 1.74 bits per heavy atom. The summed E-state index contributed by atoms with van der Waals surface area (Å²) in [5.41, 5.74) is 3.57. The number of nitrogens with zero attached hydrogens (tertiary/aromatic N) is 1. The molecular formula is C31H33NO6. The lowest BCUT2D eigenvalue weighted by Gasteiger charge is -2.26. The lowest BCUT2D eigenvalue weighted by Crippen LogP contribution is -2.29. The first-order chi connectivity index (χ1) is 18.2. The average molecular weight is 516 g/mol. The number of hydrogen-bond donors (Lipinski definition) is 1. The van der Waals surface area contributed by atoms with E-state index in [-0.39, 0.29) is 17.4 Å². The van der Waals surface area contributed by atoms with Crippen molar-refractivity contribution in [1.29, 1.82) is 0 Å². The molecular weight excluding hydrogens is 482 g/mol. The van der Waals surface area contributed by atoms with Gasteiger partial charge in [-0.25, -0.2) is 0 Å². The number of anilines is 1. The molecule has 1 N–H and O–H groups in total. The van der Waals surface area contributed by atoms with E-state index in [9.17, 15) is 14.7 Å². The van der Waals surface area contributed by atoms with Gasteiger partial charge in [-0.05, 0) is 87.7 Å². The van der Waals surface area contributed by atoms with Gasteiger partial charge in [0.25, 0.3) is 11.7 Å². The first-order valence-corrected chi connectivity index (χ1v) is 12.6. The van der Waals surface area contributed by atoms with Gasteiger partial charge in [-0.1, -0.05) is 24.3 Å². The van der Waals surface area contributed by atoms with E-state index in [1.165, 1.54) is 4.90 Å². The fourth-order valence-electron chi connectivity index (χ4n) is 4.57. The first-order valence-electron chi connectivity index (χ1n) is 12.6. The highest BCUT2D eigenvalue weighted by atomic mass is 16.5. The number of aliphatic hydroxyl groups is 1. The first kappa shape index (κ1) is 26.8. The highest BCUT2D eigenvalue weighted by Crippen LogP contribution is 2.44. The van der Waals surface area contributed by atoms with E-state index in [2.05, 4.69) is 0 Å². The third-order valence-electron chi connectivity index (χ3n) is 6.50. The van der Waals surface area contributed by atoms with Crippen molar-refractivity contribution in [2.45, 2.75) is 46.8 Å². The Labute approximate surface area is 223 Å².